The van der Waals surface area contributed by atoms with Crippen LogP contribution >= 0.6 is 0 Å². The Morgan fingerprint density at radius 2 is 1.75 bits per heavy atom. The fourth-order valence-electron chi connectivity index (χ4n) is 3.19. The molecule has 1 aliphatic rings. The van der Waals surface area contributed by atoms with Crippen molar-refractivity contribution in [3.63, 3.8) is 0 Å². The maximum Gasteiger partial charge on any atom is 0.245 e. The van der Waals surface area contributed by atoms with Gasteiger partial charge in [0.1, 0.15) is 0 Å². The zero-order valence-corrected chi connectivity index (χ0v) is 16.9. The summed E-state index contributed by atoms with van der Waals surface area (Å²) in [5, 5.41) is 4.06. The van der Waals surface area contributed by atoms with E-state index in [2.05, 4.69) is 43.4 Å². The topological polar surface area (TPSA) is 61.8 Å². The van der Waals surface area contributed by atoms with Crippen LogP contribution < -0.4 is 10.3 Å². The Morgan fingerprint density at radius 1 is 1.11 bits per heavy atom. The van der Waals surface area contributed by atoms with E-state index in [1.54, 1.807) is 11.1 Å². The molecule has 1 atom stereocenters. The molecule has 0 spiro atoms. The molecule has 2 aromatic carbocycles. The highest BCUT2D eigenvalue weighted by Crippen LogP contribution is 2.25. The number of hydrazone groups is 1. The number of nitrogens with zero attached hydrogens (tertiary/aromatic N) is 2. The highest BCUT2D eigenvalue weighted by molar-refractivity contribution is 6.00. The monoisotopic (exact) mass is 377 g/mol. The quantitative estimate of drug-likeness (QED) is 0.651. The van der Waals surface area contributed by atoms with E-state index in [9.17, 15) is 9.59 Å². The lowest BCUT2D eigenvalue weighted by atomic mass is 9.87. The van der Waals surface area contributed by atoms with Crippen LogP contribution in [0.4, 0.5) is 5.69 Å². The molecule has 5 nitrogen and oxygen atoms in total. The summed E-state index contributed by atoms with van der Waals surface area (Å²) in [4.78, 5) is 26.3. The standard InChI is InChI=1S/C23H27N3O2/c1-16-5-11-20(12-6-16)26-15-18(13-21(26)27)22(28)25-24-14-17-7-9-19(10-8-17)23(2,3)4/h5-12,14,18H,13,15H2,1-4H3,(H,25,28)/b24-14+/t18-/m1/s1. The maximum absolute atomic E-state index is 12.4. The van der Waals surface area contributed by atoms with Gasteiger partial charge in [0.05, 0.1) is 12.1 Å². The van der Waals surface area contributed by atoms with Gasteiger partial charge in [-0.15, -0.1) is 0 Å². The van der Waals surface area contributed by atoms with Crippen molar-refractivity contribution in [1.82, 2.24) is 5.43 Å². The molecule has 1 aliphatic heterocycles. The van der Waals surface area contributed by atoms with Crippen LogP contribution in [0.2, 0.25) is 0 Å². The first kappa shape index (κ1) is 19.8. The minimum absolute atomic E-state index is 0.0363. The van der Waals surface area contributed by atoms with Crippen molar-refractivity contribution in [1.29, 1.82) is 0 Å². The highest BCUT2D eigenvalue weighted by atomic mass is 16.2. The second kappa shape index (κ2) is 7.97. The van der Waals surface area contributed by atoms with E-state index in [0.29, 0.717) is 6.54 Å². The van der Waals surface area contributed by atoms with Crippen LogP contribution in [-0.4, -0.2) is 24.6 Å². The Kier molecular flexibility index (Phi) is 5.63. The summed E-state index contributed by atoms with van der Waals surface area (Å²) in [6, 6.07) is 15.8. The van der Waals surface area contributed by atoms with Crippen LogP contribution in [0.3, 0.4) is 0 Å². The Labute approximate surface area is 166 Å². The summed E-state index contributed by atoms with van der Waals surface area (Å²) in [7, 11) is 0. The predicted octanol–water partition coefficient (Wildman–Crippen LogP) is 3.80. The normalized spacial score (nSPS) is 17.4. The molecule has 1 N–H and O–H groups in total. The number of rotatable bonds is 4. The molecule has 146 valence electrons. The van der Waals surface area contributed by atoms with Gasteiger partial charge in [-0.2, -0.15) is 5.10 Å². The number of benzene rings is 2. The van der Waals surface area contributed by atoms with Crippen molar-refractivity contribution in [2.45, 2.75) is 39.5 Å². The first-order valence-corrected chi connectivity index (χ1v) is 9.54. The number of nitrogens with one attached hydrogen (secondary N) is 1. The Morgan fingerprint density at radius 3 is 2.36 bits per heavy atom. The van der Waals surface area contributed by atoms with Crippen molar-refractivity contribution in [2.24, 2.45) is 11.0 Å². The van der Waals surface area contributed by atoms with Crippen LogP contribution in [0.15, 0.2) is 53.6 Å². The minimum atomic E-state index is -0.394. The molecule has 2 aromatic rings. The van der Waals surface area contributed by atoms with Crippen LogP contribution in [0.5, 0.6) is 0 Å². The molecule has 28 heavy (non-hydrogen) atoms. The number of hydrogen-bond donors (Lipinski definition) is 1. The predicted molar refractivity (Wildman–Crippen MR) is 113 cm³/mol. The van der Waals surface area contributed by atoms with E-state index >= 15 is 0 Å². The molecule has 0 unspecified atom stereocenters. The molecule has 1 fully saturated rings. The molecule has 0 radical (unpaired) electrons. The largest absolute Gasteiger partial charge is 0.312 e. The fourth-order valence-corrected chi connectivity index (χ4v) is 3.19. The number of hydrogen-bond acceptors (Lipinski definition) is 3. The van der Waals surface area contributed by atoms with Gasteiger partial charge in [0.2, 0.25) is 11.8 Å². The molecular formula is C23H27N3O2. The summed E-state index contributed by atoms with van der Waals surface area (Å²) < 4.78 is 0. The average molecular weight is 377 g/mol. The smallest absolute Gasteiger partial charge is 0.245 e. The number of carbonyl (C=O) groups is 2. The molecule has 1 saturated heterocycles. The van der Waals surface area contributed by atoms with E-state index in [-0.39, 0.29) is 23.7 Å². The van der Waals surface area contributed by atoms with Gasteiger partial charge >= 0.3 is 0 Å². The van der Waals surface area contributed by atoms with E-state index in [1.807, 2.05) is 43.3 Å². The van der Waals surface area contributed by atoms with Gasteiger partial charge in [-0.1, -0.05) is 62.7 Å². The molecule has 1 heterocycles. The summed E-state index contributed by atoms with van der Waals surface area (Å²) in [6.45, 7) is 8.88. The van der Waals surface area contributed by atoms with E-state index < -0.39 is 5.92 Å². The van der Waals surface area contributed by atoms with E-state index in [1.165, 1.54) is 5.56 Å². The molecular weight excluding hydrogens is 350 g/mol. The van der Waals surface area contributed by atoms with Crippen molar-refractivity contribution < 1.29 is 9.59 Å². The van der Waals surface area contributed by atoms with Gasteiger partial charge in [-0.3, -0.25) is 9.59 Å². The van der Waals surface area contributed by atoms with Crippen LogP contribution in [0.1, 0.15) is 43.9 Å². The fraction of sp³-hybridized carbons (Fsp3) is 0.348. The first-order valence-electron chi connectivity index (χ1n) is 9.54. The third-order valence-corrected chi connectivity index (χ3v) is 5.01. The number of amides is 2. The second-order valence-corrected chi connectivity index (χ2v) is 8.35. The molecule has 0 aromatic heterocycles. The third kappa shape index (κ3) is 4.66. The lowest BCUT2D eigenvalue weighted by Gasteiger charge is -2.18. The van der Waals surface area contributed by atoms with Crippen LogP contribution in [0, 0.1) is 12.8 Å². The zero-order chi connectivity index (χ0) is 20.3. The summed E-state index contributed by atoms with van der Waals surface area (Å²) >= 11 is 0. The van der Waals surface area contributed by atoms with Gasteiger partial charge in [-0.25, -0.2) is 5.43 Å². The van der Waals surface area contributed by atoms with Gasteiger partial charge in [0, 0.05) is 18.7 Å². The van der Waals surface area contributed by atoms with E-state index in [0.717, 1.165) is 16.8 Å². The van der Waals surface area contributed by atoms with Crippen molar-refractivity contribution in [3.8, 4) is 0 Å². The van der Waals surface area contributed by atoms with Crippen molar-refractivity contribution in [3.05, 3.63) is 65.2 Å². The SMILES string of the molecule is Cc1ccc(N2C[C@H](C(=O)N/N=C/c3ccc(C(C)(C)C)cc3)CC2=O)cc1. The highest BCUT2D eigenvalue weighted by Gasteiger charge is 2.35. The van der Waals surface area contributed by atoms with Crippen LogP contribution in [0.25, 0.3) is 0 Å². The molecule has 3 rings (SSSR count). The summed E-state index contributed by atoms with van der Waals surface area (Å²) in [5.41, 5.74) is 6.79. The number of aryl methyl sites for hydroxylation is 1. The van der Waals surface area contributed by atoms with Gasteiger partial charge in [0.25, 0.3) is 0 Å². The molecule has 0 bridgehead atoms. The summed E-state index contributed by atoms with van der Waals surface area (Å²) in [5.74, 6) is -0.662. The molecule has 0 saturated carbocycles. The van der Waals surface area contributed by atoms with Crippen LogP contribution in [-0.2, 0) is 15.0 Å². The second-order valence-electron chi connectivity index (χ2n) is 8.35. The van der Waals surface area contributed by atoms with Gasteiger partial charge < -0.3 is 4.90 Å². The number of anilines is 1. The minimum Gasteiger partial charge on any atom is -0.312 e. The van der Waals surface area contributed by atoms with Crippen molar-refractivity contribution in [2.75, 3.05) is 11.4 Å². The third-order valence-electron chi connectivity index (χ3n) is 5.01. The number of carbonyl (C=O) groups excluding carboxylic acids is 2. The van der Waals surface area contributed by atoms with Gasteiger partial charge in [0.15, 0.2) is 0 Å². The lowest BCUT2D eigenvalue weighted by molar-refractivity contribution is -0.126. The Balaban J connectivity index is 1.57. The van der Waals surface area contributed by atoms with E-state index in [4.69, 9.17) is 0 Å². The Hall–Kier alpha value is -2.95. The maximum atomic E-state index is 12.4. The molecule has 2 amide bonds. The average Bonchev–Trinajstić information content (AvgIpc) is 3.04. The van der Waals surface area contributed by atoms with Gasteiger partial charge in [-0.05, 0) is 35.6 Å². The summed E-state index contributed by atoms with van der Waals surface area (Å²) in [6.07, 6.45) is 1.83. The molecule has 0 aliphatic carbocycles. The van der Waals surface area contributed by atoms with Crippen molar-refractivity contribution >= 4 is 23.7 Å². The lowest BCUT2D eigenvalue weighted by Crippen LogP contribution is -2.30. The zero-order valence-electron chi connectivity index (χ0n) is 16.9. The Bertz CT molecular complexity index is 878. The molecule has 5 heteroatoms. The first-order chi connectivity index (χ1) is 13.2.